The standard InChI is InChI=1S/C15H20N4O/c1-11-9-17-15(16-2)18-14(11)19(3)10-12-6-5-7-13(8-12)20-4/h5-9H,10H2,1-4H3,(H,16,17,18). The van der Waals surface area contributed by atoms with Crippen LogP contribution in [0, 0.1) is 6.92 Å². The van der Waals surface area contributed by atoms with Gasteiger partial charge in [0.2, 0.25) is 5.95 Å². The van der Waals surface area contributed by atoms with E-state index in [1.807, 2.05) is 45.4 Å². The van der Waals surface area contributed by atoms with E-state index in [-0.39, 0.29) is 0 Å². The highest BCUT2D eigenvalue weighted by Gasteiger charge is 2.09. The average Bonchev–Trinajstić information content (AvgIpc) is 2.47. The van der Waals surface area contributed by atoms with Gasteiger partial charge >= 0.3 is 0 Å². The quantitative estimate of drug-likeness (QED) is 0.906. The fourth-order valence-electron chi connectivity index (χ4n) is 2.06. The van der Waals surface area contributed by atoms with Crippen LogP contribution in [-0.2, 0) is 6.54 Å². The molecule has 0 atom stereocenters. The lowest BCUT2D eigenvalue weighted by molar-refractivity contribution is 0.414. The molecule has 0 saturated carbocycles. The molecule has 0 fully saturated rings. The SMILES string of the molecule is CNc1ncc(C)c(N(C)Cc2cccc(OC)c2)n1. The van der Waals surface area contributed by atoms with E-state index in [0.29, 0.717) is 5.95 Å². The molecule has 106 valence electrons. The van der Waals surface area contributed by atoms with Crippen LogP contribution in [0.1, 0.15) is 11.1 Å². The topological polar surface area (TPSA) is 50.3 Å². The molecule has 1 heterocycles. The summed E-state index contributed by atoms with van der Waals surface area (Å²) in [4.78, 5) is 10.8. The van der Waals surface area contributed by atoms with Crippen molar-refractivity contribution in [3.05, 3.63) is 41.6 Å². The zero-order valence-corrected chi connectivity index (χ0v) is 12.3. The van der Waals surface area contributed by atoms with E-state index >= 15 is 0 Å². The third-order valence-corrected chi connectivity index (χ3v) is 3.08. The maximum atomic E-state index is 5.25. The number of benzene rings is 1. The van der Waals surface area contributed by atoms with Gasteiger partial charge in [-0.15, -0.1) is 0 Å². The fourth-order valence-corrected chi connectivity index (χ4v) is 2.06. The summed E-state index contributed by atoms with van der Waals surface area (Å²) in [5, 5.41) is 2.96. The molecule has 0 aliphatic heterocycles. The van der Waals surface area contributed by atoms with Crippen LogP contribution < -0.4 is 15.0 Å². The van der Waals surface area contributed by atoms with Gasteiger partial charge in [0, 0.05) is 32.4 Å². The largest absolute Gasteiger partial charge is 0.497 e. The highest BCUT2D eigenvalue weighted by Crippen LogP contribution is 2.20. The normalized spacial score (nSPS) is 10.2. The summed E-state index contributed by atoms with van der Waals surface area (Å²) < 4.78 is 5.25. The Morgan fingerprint density at radius 1 is 1.35 bits per heavy atom. The molecule has 5 nitrogen and oxygen atoms in total. The van der Waals surface area contributed by atoms with Crippen LogP contribution in [0.25, 0.3) is 0 Å². The number of anilines is 2. The summed E-state index contributed by atoms with van der Waals surface area (Å²) in [5.74, 6) is 2.42. The molecule has 2 aromatic rings. The fraction of sp³-hybridized carbons (Fsp3) is 0.333. The summed E-state index contributed by atoms with van der Waals surface area (Å²) in [6, 6.07) is 8.05. The molecule has 0 bridgehead atoms. The van der Waals surface area contributed by atoms with Crippen LogP contribution >= 0.6 is 0 Å². The molecule has 5 heteroatoms. The van der Waals surface area contributed by atoms with Crippen molar-refractivity contribution in [2.75, 3.05) is 31.4 Å². The smallest absolute Gasteiger partial charge is 0.224 e. The summed E-state index contributed by atoms with van der Waals surface area (Å²) in [6.07, 6.45) is 1.83. The Kier molecular flexibility index (Phi) is 4.40. The molecule has 0 amide bonds. The van der Waals surface area contributed by atoms with E-state index in [4.69, 9.17) is 4.74 Å². The van der Waals surface area contributed by atoms with Crippen LogP contribution in [0.5, 0.6) is 5.75 Å². The maximum absolute atomic E-state index is 5.25. The first-order valence-corrected chi connectivity index (χ1v) is 6.49. The number of aryl methyl sites for hydroxylation is 1. The van der Waals surface area contributed by atoms with Crippen LogP contribution in [0.3, 0.4) is 0 Å². The van der Waals surface area contributed by atoms with Crippen molar-refractivity contribution in [1.29, 1.82) is 0 Å². The molecule has 0 aliphatic carbocycles. The zero-order valence-electron chi connectivity index (χ0n) is 12.3. The van der Waals surface area contributed by atoms with Crippen LogP contribution in [0.4, 0.5) is 11.8 Å². The minimum atomic E-state index is 0.628. The summed E-state index contributed by atoms with van der Waals surface area (Å²) in [7, 11) is 5.52. The average molecular weight is 272 g/mol. The summed E-state index contributed by atoms with van der Waals surface area (Å²) in [6.45, 7) is 2.77. The molecule has 2 rings (SSSR count). The Labute approximate surface area is 119 Å². The molecule has 0 radical (unpaired) electrons. The van der Waals surface area contributed by atoms with E-state index < -0.39 is 0 Å². The molecule has 0 spiro atoms. The first-order chi connectivity index (χ1) is 9.63. The molecule has 1 aromatic carbocycles. The lowest BCUT2D eigenvalue weighted by Crippen LogP contribution is -2.19. The van der Waals surface area contributed by atoms with Crippen molar-refractivity contribution in [3.63, 3.8) is 0 Å². The molecule has 0 unspecified atom stereocenters. The van der Waals surface area contributed by atoms with Gasteiger partial charge in [0.1, 0.15) is 11.6 Å². The Balaban J connectivity index is 2.20. The van der Waals surface area contributed by atoms with E-state index in [2.05, 4.69) is 26.3 Å². The Morgan fingerprint density at radius 3 is 2.85 bits per heavy atom. The van der Waals surface area contributed by atoms with Crippen LogP contribution in [-0.4, -0.2) is 31.2 Å². The van der Waals surface area contributed by atoms with E-state index in [1.54, 1.807) is 7.11 Å². The van der Waals surface area contributed by atoms with Crippen molar-refractivity contribution in [3.8, 4) is 5.75 Å². The van der Waals surface area contributed by atoms with Crippen molar-refractivity contribution in [1.82, 2.24) is 9.97 Å². The second-order valence-corrected chi connectivity index (χ2v) is 4.66. The minimum absolute atomic E-state index is 0.628. The molecule has 1 N–H and O–H groups in total. The van der Waals surface area contributed by atoms with Crippen molar-refractivity contribution >= 4 is 11.8 Å². The monoisotopic (exact) mass is 272 g/mol. The number of nitrogens with zero attached hydrogens (tertiary/aromatic N) is 3. The van der Waals surface area contributed by atoms with Crippen molar-refractivity contribution < 1.29 is 4.74 Å². The van der Waals surface area contributed by atoms with Crippen LogP contribution in [0.15, 0.2) is 30.5 Å². The highest BCUT2D eigenvalue weighted by atomic mass is 16.5. The first kappa shape index (κ1) is 14.1. The van der Waals surface area contributed by atoms with Crippen molar-refractivity contribution in [2.24, 2.45) is 0 Å². The Morgan fingerprint density at radius 2 is 2.15 bits per heavy atom. The predicted molar refractivity (Wildman–Crippen MR) is 81.4 cm³/mol. The third-order valence-electron chi connectivity index (χ3n) is 3.08. The van der Waals surface area contributed by atoms with Gasteiger partial charge in [-0.05, 0) is 24.6 Å². The Bertz CT molecular complexity index is 586. The van der Waals surface area contributed by atoms with Crippen LogP contribution in [0.2, 0.25) is 0 Å². The lowest BCUT2D eigenvalue weighted by Gasteiger charge is -2.20. The molecule has 0 saturated heterocycles. The number of hydrogen-bond acceptors (Lipinski definition) is 5. The second kappa shape index (κ2) is 6.23. The molecule has 1 aromatic heterocycles. The number of aromatic nitrogens is 2. The van der Waals surface area contributed by atoms with Gasteiger partial charge in [-0.2, -0.15) is 4.98 Å². The van der Waals surface area contributed by atoms with Gasteiger partial charge < -0.3 is 15.0 Å². The lowest BCUT2D eigenvalue weighted by atomic mass is 10.2. The van der Waals surface area contributed by atoms with Crippen molar-refractivity contribution in [2.45, 2.75) is 13.5 Å². The Hall–Kier alpha value is -2.30. The number of nitrogens with one attached hydrogen (secondary N) is 1. The summed E-state index contributed by atoms with van der Waals surface area (Å²) in [5.41, 5.74) is 2.23. The molecule has 20 heavy (non-hydrogen) atoms. The number of hydrogen-bond donors (Lipinski definition) is 1. The first-order valence-electron chi connectivity index (χ1n) is 6.49. The predicted octanol–water partition coefficient (Wildman–Crippen LogP) is 2.47. The molecule has 0 aliphatic rings. The van der Waals surface area contributed by atoms with Gasteiger partial charge in [0.05, 0.1) is 7.11 Å². The molecular formula is C15H20N4O. The van der Waals surface area contributed by atoms with Gasteiger partial charge in [0.25, 0.3) is 0 Å². The summed E-state index contributed by atoms with van der Waals surface area (Å²) >= 11 is 0. The number of methoxy groups -OCH3 is 1. The van der Waals surface area contributed by atoms with E-state index in [0.717, 1.165) is 23.7 Å². The van der Waals surface area contributed by atoms with Gasteiger partial charge in [-0.3, -0.25) is 0 Å². The third kappa shape index (κ3) is 3.17. The minimum Gasteiger partial charge on any atom is -0.497 e. The molecular weight excluding hydrogens is 252 g/mol. The number of rotatable bonds is 5. The van der Waals surface area contributed by atoms with E-state index in [1.165, 1.54) is 5.56 Å². The van der Waals surface area contributed by atoms with Gasteiger partial charge in [0.15, 0.2) is 0 Å². The highest BCUT2D eigenvalue weighted by molar-refractivity contribution is 5.48. The van der Waals surface area contributed by atoms with Gasteiger partial charge in [-0.1, -0.05) is 12.1 Å². The van der Waals surface area contributed by atoms with E-state index in [9.17, 15) is 0 Å². The zero-order chi connectivity index (χ0) is 14.5. The second-order valence-electron chi connectivity index (χ2n) is 4.66. The van der Waals surface area contributed by atoms with Gasteiger partial charge in [-0.25, -0.2) is 4.98 Å². The number of ether oxygens (including phenoxy) is 1. The maximum Gasteiger partial charge on any atom is 0.224 e.